The second-order valence-corrected chi connectivity index (χ2v) is 5.00. The van der Waals surface area contributed by atoms with Gasteiger partial charge in [0.25, 0.3) is 21.4 Å². The van der Waals surface area contributed by atoms with Crippen molar-refractivity contribution in [2.24, 2.45) is 4.40 Å². The van der Waals surface area contributed by atoms with E-state index in [-0.39, 0.29) is 5.56 Å². The van der Waals surface area contributed by atoms with E-state index in [0.717, 1.165) is 7.11 Å². The molecule has 0 saturated carbocycles. The summed E-state index contributed by atoms with van der Waals surface area (Å²) in [6.07, 6.45) is 0. The third-order valence-electron chi connectivity index (χ3n) is 2.36. The second kappa shape index (κ2) is 3.98. The number of fused-ring (bicyclic) bond motifs is 1. The minimum atomic E-state index is -4.22. The van der Waals surface area contributed by atoms with Crippen LogP contribution >= 0.6 is 0 Å². The number of hydrogen-bond donors (Lipinski definition) is 0. The third kappa shape index (κ3) is 1.89. The number of nitrogens with zero attached hydrogens (tertiary/aromatic N) is 3. The van der Waals surface area contributed by atoms with Crippen LogP contribution in [0.4, 0.5) is 11.4 Å². The van der Waals surface area contributed by atoms with E-state index >= 15 is 0 Å². The quantitative estimate of drug-likeness (QED) is 0.572. The van der Waals surface area contributed by atoms with Crippen LogP contribution in [0.1, 0.15) is 5.56 Å². The van der Waals surface area contributed by atoms with Crippen LogP contribution in [0, 0.1) is 20.2 Å². The normalized spacial score (nSPS) is 15.5. The van der Waals surface area contributed by atoms with Crippen LogP contribution in [-0.4, -0.2) is 31.3 Å². The first-order valence-electron chi connectivity index (χ1n) is 4.64. The Bertz CT molecular complexity index is 737. The van der Waals surface area contributed by atoms with Crippen molar-refractivity contribution in [2.75, 3.05) is 7.11 Å². The highest BCUT2D eigenvalue weighted by molar-refractivity contribution is 7.90. The van der Waals surface area contributed by atoms with Crippen molar-refractivity contribution in [1.29, 1.82) is 0 Å². The van der Waals surface area contributed by atoms with Gasteiger partial charge in [0, 0.05) is 6.07 Å². The van der Waals surface area contributed by atoms with Gasteiger partial charge < -0.3 is 4.74 Å². The summed E-state index contributed by atoms with van der Waals surface area (Å²) in [5, 5.41) is 21.5. The lowest BCUT2D eigenvalue weighted by atomic mass is 10.1. The van der Waals surface area contributed by atoms with Gasteiger partial charge in [-0.1, -0.05) is 0 Å². The Hall–Kier alpha value is -2.56. The highest BCUT2D eigenvalue weighted by Gasteiger charge is 2.39. The first-order chi connectivity index (χ1) is 8.77. The third-order valence-corrected chi connectivity index (χ3v) is 3.65. The van der Waals surface area contributed by atoms with Gasteiger partial charge >= 0.3 is 0 Å². The average Bonchev–Trinajstić information content (AvgIpc) is 2.59. The summed E-state index contributed by atoms with van der Waals surface area (Å²) in [6.45, 7) is 0. The van der Waals surface area contributed by atoms with Gasteiger partial charge in [0.15, 0.2) is 0 Å². The van der Waals surface area contributed by atoms with Crippen LogP contribution in [0.2, 0.25) is 0 Å². The molecule has 0 spiro atoms. The molecule has 10 nitrogen and oxygen atoms in total. The molecule has 1 aromatic rings. The Labute approximate surface area is 105 Å². The van der Waals surface area contributed by atoms with Crippen LogP contribution in [0.5, 0.6) is 0 Å². The fourth-order valence-electron chi connectivity index (χ4n) is 1.60. The summed E-state index contributed by atoms with van der Waals surface area (Å²) in [6, 6.07) is 1.38. The lowest BCUT2D eigenvalue weighted by molar-refractivity contribution is -0.394. The summed E-state index contributed by atoms with van der Waals surface area (Å²) < 4.78 is 31.2. The largest absolute Gasteiger partial charge is 0.480 e. The maximum Gasteiger partial charge on any atom is 0.290 e. The minimum absolute atomic E-state index is 0.377. The number of nitro groups is 2. The van der Waals surface area contributed by atoms with E-state index in [1.165, 1.54) is 0 Å². The van der Waals surface area contributed by atoms with Crippen LogP contribution in [0.3, 0.4) is 0 Å². The lowest BCUT2D eigenvalue weighted by Gasteiger charge is -2.02. The molecule has 0 unspecified atom stereocenters. The first kappa shape index (κ1) is 12.9. The molecule has 0 radical (unpaired) electrons. The number of ether oxygens (including phenoxy) is 1. The van der Waals surface area contributed by atoms with E-state index < -0.39 is 42.0 Å². The van der Waals surface area contributed by atoms with Crippen molar-refractivity contribution in [3.8, 4) is 0 Å². The van der Waals surface area contributed by atoms with Gasteiger partial charge in [0.05, 0.1) is 23.0 Å². The van der Waals surface area contributed by atoms with Crippen LogP contribution < -0.4 is 0 Å². The summed E-state index contributed by atoms with van der Waals surface area (Å²) >= 11 is 0. The van der Waals surface area contributed by atoms with E-state index in [0.29, 0.717) is 12.1 Å². The maximum absolute atomic E-state index is 11.7. The molecule has 1 aliphatic heterocycles. The summed E-state index contributed by atoms with van der Waals surface area (Å²) in [7, 11) is -3.13. The fourth-order valence-corrected chi connectivity index (χ4v) is 2.80. The molecule has 0 saturated heterocycles. The zero-order valence-electron chi connectivity index (χ0n) is 9.26. The number of rotatable bonds is 2. The minimum Gasteiger partial charge on any atom is -0.480 e. The summed E-state index contributed by atoms with van der Waals surface area (Å²) in [5.41, 5.74) is -1.83. The number of non-ortho nitro benzene ring substituents is 1. The van der Waals surface area contributed by atoms with E-state index in [1.54, 1.807) is 0 Å². The Balaban J connectivity index is 2.89. The second-order valence-electron chi connectivity index (χ2n) is 3.43. The van der Waals surface area contributed by atoms with Crippen molar-refractivity contribution in [1.82, 2.24) is 0 Å². The van der Waals surface area contributed by atoms with Gasteiger partial charge in [-0.05, 0) is 0 Å². The molecule has 0 fully saturated rings. The van der Waals surface area contributed by atoms with Crippen LogP contribution in [0.15, 0.2) is 21.4 Å². The van der Waals surface area contributed by atoms with Crippen molar-refractivity contribution in [2.45, 2.75) is 4.90 Å². The first-order valence-corrected chi connectivity index (χ1v) is 6.08. The molecule has 1 heterocycles. The standard InChI is InChI=1S/C8H5N3O7S/c1-18-8-7-5(11(14)15)2-4(10(12)13)3-6(7)19(16,17)9-8/h2-3H,1H3. The van der Waals surface area contributed by atoms with Crippen molar-refractivity contribution >= 4 is 27.3 Å². The molecule has 0 amide bonds. The van der Waals surface area contributed by atoms with Gasteiger partial charge in [-0.15, -0.1) is 4.40 Å². The molecule has 0 aliphatic carbocycles. The highest BCUT2D eigenvalue weighted by atomic mass is 32.2. The Kier molecular flexibility index (Phi) is 2.70. The van der Waals surface area contributed by atoms with E-state index in [1.807, 2.05) is 0 Å². The van der Waals surface area contributed by atoms with Crippen LogP contribution in [-0.2, 0) is 14.8 Å². The number of sulfonamides is 1. The summed E-state index contributed by atoms with van der Waals surface area (Å²) in [4.78, 5) is 19.1. The van der Waals surface area contributed by atoms with E-state index in [4.69, 9.17) is 0 Å². The molecule has 11 heteroatoms. The molecule has 19 heavy (non-hydrogen) atoms. The number of methoxy groups -OCH3 is 1. The average molecular weight is 287 g/mol. The topological polar surface area (TPSA) is 142 Å². The fraction of sp³-hybridized carbons (Fsp3) is 0.125. The number of hydrogen-bond acceptors (Lipinski definition) is 7. The van der Waals surface area contributed by atoms with Gasteiger partial charge in [-0.3, -0.25) is 20.2 Å². The molecule has 1 aliphatic rings. The zero-order chi connectivity index (χ0) is 14.4. The molecule has 0 atom stereocenters. The molecule has 1 aromatic carbocycles. The number of nitro benzene ring substituents is 2. The van der Waals surface area contributed by atoms with Gasteiger partial charge in [-0.25, -0.2) is 0 Å². The number of benzene rings is 1. The highest BCUT2D eigenvalue weighted by Crippen LogP contribution is 2.37. The monoisotopic (exact) mass is 287 g/mol. The Morgan fingerprint density at radius 2 is 1.84 bits per heavy atom. The molecule has 2 rings (SSSR count). The molecule has 0 aromatic heterocycles. The molecule has 0 N–H and O–H groups in total. The van der Waals surface area contributed by atoms with Crippen molar-refractivity contribution in [3.63, 3.8) is 0 Å². The smallest absolute Gasteiger partial charge is 0.290 e. The van der Waals surface area contributed by atoms with Gasteiger partial charge in [-0.2, -0.15) is 8.42 Å². The van der Waals surface area contributed by atoms with E-state index in [9.17, 15) is 28.6 Å². The summed E-state index contributed by atoms with van der Waals surface area (Å²) in [5.74, 6) is -0.461. The van der Waals surface area contributed by atoms with Crippen LogP contribution in [0.25, 0.3) is 0 Å². The molecule has 0 bridgehead atoms. The molecular formula is C8H5N3O7S. The Morgan fingerprint density at radius 1 is 1.21 bits per heavy atom. The van der Waals surface area contributed by atoms with Gasteiger partial charge in [0.1, 0.15) is 10.5 Å². The van der Waals surface area contributed by atoms with Crippen molar-refractivity contribution in [3.05, 3.63) is 37.9 Å². The predicted molar refractivity (Wildman–Crippen MR) is 60.5 cm³/mol. The zero-order valence-corrected chi connectivity index (χ0v) is 10.1. The molecular weight excluding hydrogens is 282 g/mol. The van der Waals surface area contributed by atoms with E-state index in [2.05, 4.69) is 9.13 Å². The maximum atomic E-state index is 11.7. The lowest BCUT2D eigenvalue weighted by Crippen LogP contribution is -2.06. The molecule has 100 valence electrons. The van der Waals surface area contributed by atoms with Crippen molar-refractivity contribution < 1.29 is 23.0 Å². The Morgan fingerprint density at radius 3 is 2.32 bits per heavy atom. The predicted octanol–water partition coefficient (Wildman–Crippen LogP) is 0.598. The van der Waals surface area contributed by atoms with Gasteiger partial charge in [0.2, 0.25) is 5.90 Å². The SMILES string of the molecule is COC1=NS(=O)(=O)c2cc([N+](=O)[O-])cc([N+](=O)[O-])c21.